The number of hydrogen-bond donors (Lipinski definition) is 1. The fourth-order valence-electron chi connectivity index (χ4n) is 1.82. The SMILES string of the molecule is CC(C)n1ccc2cccc(C(=O)O)c21. The van der Waals surface area contributed by atoms with Gasteiger partial charge in [-0.05, 0) is 26.0 Å². The van der Waals surface area contributed by atoms with E-state index in [1.807, 2.05) is 36.7 Å². The van der Waals surface area contributed by atoms with Gasteiger partial charge in [-0.2, -0.15) is 0 Å². The zero-order chi connectivity index (χ0) is 11.0. The summed E-state index contributed by atoms with van der Waals surface area (Å²) >= 11 is 0. The lowest BCUT2D eigenvalue weighted by Crippen LogP contribution is -2.04. The standard InChI is InChI=1S/C12H13NO2/c1-8(2)13-7-6-9-4-3-5-10(11(9)13)12(14)15/h3-8H,1-2H3,(H,14,15). The lowest BCUT2D eigenvalue weighted by molar-refractivity contribution is 0.0698. The highest BCUT2D eigenvalue weighted by atomic mass is 16.4. The highest BCUT2D eigenvalue weighted by Gasteiger charge is 2.12. The second-order valence-electron chi connectivity index (χ2n) is 3.87. The number of nitrogens with zero attached hydrogens (tertiary/aromatic N) is 1. The fourth-order valence-corrected chi connectivity index (χ4v) is 1.82. The van der Waals surface area contributed by atoms with E-state index in [0.717, 1.165) is 10.9 Å². The zero-order valence-electron chi connectivity index (χ0n) is 8.77. The molecule has 0 radical (unpaired) electrons. The summed E-state index contributed by atoms with van der Waals surface area (Å²) in [7, 11) is 0. The molecule has 0 saturated heterocycles. The van der Waals surface area contributed by atoms with E-state index in [4.69, 9.17) is 5.11 Å². The summed E-state index contributed by atoms with van der Waals surface area (Å²) in [6.07, 6.45) is 1.93. The maximum Gasteiger partial charge on any atom is 0.337 e. The molecule has 0 unspecified atom stereocenters. The Kier molecular flexibility index (Phi) is 2.23. The van der Waals surface area contributed by atoms with Gasteiger partial charge in [-0.25, -0.2) is 4.79 Å². The predicted molar refractivity (Wildman–Crippen MR) is 59.3 cm³/mol. The van der Waals surface area contributed by atoms with Crippen LogP contribution in [-0.4, -0.2) is 15.6 Å². The van der Waals surface area contributed by atoms with E-state index in [-0.39, 0.29) is 6.04 Å². The summed E-state index contributed by atoms with van der Waals surface area (Å²) in [6.45, 7) is 4.08. The van der Waals surface area contributed by atoms with E-state index in [1.165, 1.54) is 0 Å². The average molecular weight is 203 g/mol. The molecule has 0 aliphatic carbocycles. The molecular formula is C12H13NO2. The van der Waals surface area contributed by atoms with Gasteiger partial charge in [0, 0.05) is 17.6 Å². The van der Waals surface area contributed by atoms with Gasteiger partial charge in [0.2, 0.25) is 0 Å². The number of carbonyl (C=O) groups is 1. The first kappa shape index (κ1) is 9.77. The molecule has 1 heterocycles. The van der Waals surface area contributed by atoms with Crippen molar-refractivity contribution in [3.63, 3.8) is 0 Å². The van der Waals surface area contributed by atoms with Crippen molar-refractivity contribution in [1.29, 1.82) is 0 Å². The summed E-state index contributed by atoms with van der Waals surface area (Å²) < 4.78 is 1.98. The van der Waals surface area contributed by atoms with Crippen molar-refractivity contribution in [2.75, 3.05) is 0 Å². The van der Waals surface area contributed by atoms with Crippen LogP contribution in [0.1, 0.15) is 30.2 Å². The van der Waals surface area contributed by atoms with Crippen molar-refractivity contribution in [1.82, 2.24) is 4.57 Å². The molecule has 3 heteroatoms. The third-order valence-electron chi connectivity index (χ3n) is 2.53. The van der Waals surface area contributed by atoms with E-state index in [1.54, 1.807) is 12.1 Å². The van der Waals surface area contributed by atoms with Crippen molar-refractivity contribution >= 4 is 16.9 Å². The minimum absolute atomic E-state index is 0.267. The molecule has 3 nitrogen and oxygen atoms in total. The van der Waals surface area contributed by atoms with Gasteiger partial charge in [-0.15, -0.1) is 0 Å². The molecule has 2 aromatic rings. The Morgan fingerprint density at radius 2 is 2.07 bits per heavy atom. The average Bonchev–Trinajstić information content (AvgIpc) is 2.60. The molecule has 78 valence electrons. The Bertz CT molecular complexity index is 511. The van der Waals surface area contributed by atoms with Crippen LogP contribution in [0.25, 0.3) is 10.9 Å². The molecule has 1 aromatic carbocycles. The lowest BCUT2D eigenvalue weighted by Gasteiger charge is -2.10. The molecule has 2 rings (SSSR count). The maximum absolute atomic E-state index is 11.1. The largest absolute Gasteiger partial charge is 0.478 e. The Labute approximate surface area is 87.9 Å². The van der Waals surface area contributed by atoms with Gasteiger partial charge >= 0.3 is 5.97 Å². The van der Waals surface area contributed by atoms with Crippen LogP contribution in [0, 0.1) is 0 Å². The molecule has 0 spiro atoms. The quantitative estimate of drug-likeness (QED) is 0.815. The minimum Gasteiger partial charge on any atom is -0.478 e. The molecule has 0 aliphatic rings. The second kappa shape index (κ2) is 3.42. The van der Waals surface area contributed by atoms with E-state index in [0.29, 0.717) is 5.56 Å². The molecule has 0 bridgehead atoms. The monoisotopic (exact) mass is 203 g/mol. The second-order valence-corrected chi connectivity index (χ2v) is 3.87. The molecule has 15 heavy (non-hydrogen) atoms. The smallest absolute Gasteiger partial charge is 0.337 e. The molecule has 0 atom stereocenters. The first-order valence-corrected chi connectivity index (χ1v) is 4.94. The Balaban J connectivity index is 2.80. The van der Waals surface area contributed by atoms with Crippen LogP contribution in [0.15, 0.2) is 30.5 Å². The van der Waals surface area contributed by atoms with Crippen LogP contribution in [-0.2, 0) is 0 Å². The number of fused-ring (bicyclic) bond motifs is 1. The fraction of sp³-hybridized carbons (Fsp3) is 0.250. The Morgan fingerprint density at radius 3 is 2.67 bits per heavy atom. The van der Waals surface area contributed by atoms with Gasteiger partial charge in [-0.1, -0.05) is 12.1 Å². The number of carboxylic acid groups (broad SMARTS) is 1. The van der Waals surface area contributed by atoms with Gasteiger partial charge in [0.1, 0.15) is 0 Å². The van der Waals surface area contributed by atoms with Crippen molar-refractivity contribution < 1.29 is 9.90 Å². The van der Waals surface area contributed by atoms with Gasteiger partial charge in [0.25, 0.3) is 0 Å². The number of aromatic carboxylic acids is 1. The number of para-hydroxylation sites is 1. The molecular weight excluding hydrogens is 190 g/mol. The van der Waals surface area contributed by atoms with E-state index < -0.39 is 5.97 Å². The van der Waals surface area contributed by atoms with Crippen LogP contribution in [0.5, 0.6) is 0 Å². The van der Waals surface area contributed by atoms with Crippen LogP contribution >= 0.6 is 0 Å². The summed E-state index contributed by atoms with van der Waals surface area (Å²) in [4.78, 5) is 11.1. The lowest BCUT2D eigenvalue weighted by atomic mass is 10.1. The van der Waals surface area contributed by atoms with E-state index >= 15 is 0 Å². The number of rotatable bonds is 2. The normalized spacial score (nSPS) is 11.1. The summed E-state index contributed by atoms with van der Waals surface area (Å²) in [5, 5.41) is 10.1. The van der Waals surface area contributed by atoms with Crippen LogP contribution < -0.4 is 0 Å². The molecule has 0 amide bonds. The topological polar surface area (TPSA) is 42.2 Å². The Hall–Kier alpha value is -1.77. The van der Waals surface area contributed by atoms with Crippen molar-refractivity contribution in [2.24, 2.45) is 0 Å². The van der Waals surface area contributed by atoms with Gasteiger partial charge in [0.15, 0.2) is 0 Å². The van der Waals surface area contributed by atoms with Crippen molar-refractivity contribution in [2.45, 2.75) is 19.9 Å². The number of carboxylic acids is 1. The number of benzene rings is 1. The molecule has 1 aromatic heterocycles. The summed E-state index contributed by atoms with van der Waals surface area (Å²) in [5.41, 5.74) is 1.17. The van der Waals surface area contributed by atoms with E-state index in [2.05, 4.69) is 0 Å². The van der Waals surface area contributed by atoms with E-state index in [9.17, 15) is 4.79 Å². The van der Waals surface area contributed by atoms with Gasteiger partial charge in [-0.3, -0.25) is 0 Å². The Morgan fingerprint density at radius 1 is 1.33 bits per heavy atom. The number of hydrogen-bond acceptors (Lipinski definition) is 1. The third-order valence-corrected chi connectivity index (χ3v) is 2.53. The van der Waals surface area contributed by atoms with Gasteiger partial charge in [0.05, 0.1) is 11.1 Å². The highest BCUT2D eigenvalue weighted by molar-refractivity contribution is 6.02. The first-order chi connectivity index (χ1) is 7.11. The maximum atomic E-state index is 11.1. The zero-order valence-corrected chi connectivity index (χ0v) is 8.77. The minimum atomic E-state index is -0.874. The molecule has 0 aliphatic heterocycles. The molecule has 1 N–H and O–H groups in total. The highest BCUT2D eigenvalue weighted by Crippen LogP contribution is 2.23. The van der Waals surface area contributed by atoms with Crippen molar-refractivity contribution in [3.8, 4) is 0 Å². The molecule has 0 saturated carbocycles. The van der Waals surface area contributed by atoms with Crippen LogP contribution in [0.4, 0.5) is 0 Å². The first-order valence-electron chi connectivity index (χ1n) is 4.94. The summed E-state index contributed by atoms with van der Waals surface area (Å²) in [6, 6.07) is 7.56. The predicted octanol–water partition coefficient (Wildman–Crippen LogP) is 2.92. The molecule has 0 fully saturated rings. The third kappa shape index (κ3) is 1.50. The van der Waals surface area contributed by atoms with Crippen molar-refractivity contribution in [3.05, 3.63) is 36.0 Å². The van der Waals surface area contributed by atoms with Gasteiger partial charge < -0.3 is 9.67 Å². The van der Waals surface area contributed by atoms with Crippen LogP contribution in [0.3, 0.4) is 0 Å². The summed E-state index contributed by atoms with van der Waals surface area (Å²) in [5.74, 6) is -0.874. The number of aromatic nitrogens is 1. The van der Waals surface area contributed by atoms with Crippen LogP contribution in [0.2, 0.25) is 0 Å².